The summed E-state index contributed by atoms with van der Waals surface area (Å²) in [5, 5.41) is 0. The smallest absolute Gasteiger partial charge is 0.143 e. The third-order valence-corrected chi connectivity index (χ3v) is 3.55. The van der Waals surface area contributed by atoms with Crippen LogP contribution >= 0.6 is 24.7 Å². The molecule has 4 heteroatoms. The number of ether oxygens (including phenoxy) is 1. The lowest BCUT2D eigenvalue weighted by Gasteiger charge is -2.29. The van der Waals surface area contributed by atoms with Gasteiger partial charge < -0.3 is 9.41 Å². The minimum atomic E-state index is 0.801. The lowest BCUT2D eigenvalue weighted by molar-refractivity contribution is 0.317. The van der Waals surface area contributed by atoms with Crippen LogP contribution in [0.2, 0.25) is 0 Å². The van der Waals surface area contributed by atoms with Gasteiger partial charge in [0.05, 0.1) is 12.2 Å². The molecule has 1 aromatic rings. The molecule has 0 aliphatic carbocycles. The highest BCUT2D eigenvalue weighted by atomic mass is 79.9. The first kappa shape index (κ1) is 9.29. The van der Waals surface area contributed by atoms with Crippen molar-refractivity contribution < 1.29 is 4.74 Å². The van der Waals surface area contributed by atoms with Crippen LogP contribution in [0.15, 0.2) is 22.7 Å². The molecule has 1 heterocycles. The molecule has 70 valence electrons. The highest BCUT2D eigenvalue weighted by molar-refractivity contribution is 9.10. The first-order valence-electron chi connectivity index (χ1n) is 4.18. The van der Waals surface area contributed by atoms with Crippen LogP contribution in [-0.4, -0.2) is 19.8 Å². The van der Waals surface area contributed by atoms with Crippen molar-refractivity contribution in [3.05, 3.63) is 22.7 Å². The Morgan fingerprint density at radius 2 is 2.38 bits per heavy atom. The number of benzene rings is 1. The van der Waals surface area contributed by atoms with Gasteiger partial charge in [0.2, 0.25) is 0 Å². The normalized spacial score (nSPS) is 16.0. The van der Waals surface area contributed by atoms with E-state index in [2.05, 4.69) is 33.3 Å². The number of hydrogen-bond acceptors (Lipinski definition) is 2. The molecule has 0 aromatic heterocycles. The molecule has 0 radical (unpaired) electrons. The Hall–Kier alpha value is -0.270. The zero-order valence-electron chi connectivity index (χ0n) is 7.38. The second kappa shape index (κ2) is 3.85. The summed E-state index contributed by atoms with van der Waals surface area (Å²) in [4.78, 5) is 0. The van der Waals surface area contributed by atoms with E-state index in [-0.39, 0.29) is 0 Å². The predicted octanol–water partition coefficient (Wildman–Crippen LogP) is 2.87. The van der Waals surface area contributed by atoms with Gasteiger partial charge in [0.25, 0.3) is 0 Å². The molecule has 2 rings (SSSR count). The molecule has 0 saturated carbocycles. The number of nitrogens with zero attached hydrogens (tertiary/aromatic N) is 1. The largest absolute Gasteiger partial charge is 0.490 e. The van der Waals surface area contributed by atoms with Crippen LogP contribution in [0.4, 0.5) is 5.69 Å². The van der Waals surface area contributed by atoms with E-state index in [9.17, 15) is 0 Å². The van der Waals surface area contributed by atoms with Crippen LogP contribution in [0.3, 0.4) is 0 Å². The third kappa shape index (κ3) is 1.82. The fraction of sp³-hybridized carbons (Fsp3) is 0.333. The summed E-state index contributed by atoms with van der Waals surface area (Å²) in [6, 6.07) is 6.15. The Bertz CT molecular complexity index is 318. The lowest BCUT2D eigenvalue weighted by Crippen LogP contribution is -2.25. The minimum absolute atomic E-state index is 0.801. The first-order chi connectivity index (χ1) is 6.31. The number of rotatable bonds is 1. The van der Waals surface area contributed by atoms with Gasteiger partial charge in [-0.15, -0.1) is 0 Å². The van der Waals surface area contributed by atoms with Gasteiger partial charge >= 0.3 is 0 Å². The number of fused-ring (bicyclic) bond motifs is 1. The number of anilines is 1. The monoisotopic (exact) mass is 259 g/mol. The van der Waals surface area contributed by atoms with Crippen LogP contribution in [-0.2, 0) is 0 Å². The van der Waals surface area contributed by atoms with E-state index in [1.165, 1.54) is 5.69 Å². The Kier molecular flexibility index (Phi) is 2.75. The summed E-state index contributed by atoms with van der Waals surface area (Å²) in [5.74, 6) is 1.00. The van der Waals surface area contributed by atoms with Crippen LogP contribution in [0.1, 0.15) is 0 Å². The molecule has 0 bridgehead atoms. The molecular weight excluding hydrogens is 249 g/mol. The molecule has 1 unspecified atom stereocenters. The summed E-state index contributed by atoms with van der Waals surface area (Å²) in [5.41, 5.74) is 1.21. The Balaban J connectivity index is 2.41. The molecule has 1 aliphatic heterocycles. The Morgan fingerprint density at radius 3 is 3.15 bits per heavy atom. The third-order valence-electron chi connectivity index (χ3n) is 2.05. The Labute approximate surface area is 88.2 Å². The molecular formula is C9H11BrNOP. The van der Waals surface area contributed by atoms with Crippen molar-refractivity contribution in [2.45, 2.75) is 0 Å². The summed E-state index contributed by atoms with van der Waals surface area (Å²) in [6.45, 7) is 3.99. The second-order valence-electron chi connectivity index (χ2n) is 2.84. The van der Waals surface area contributed by atoms with Crippen molar-refractivity contribution in [1.29, 1.82) is 0 Å². The zero-order chi connectivity index (χ0) is 9.26. The van der Waals surface area contributed by atoms with Crippen molar-refractivity contribution in [2.24, 2.45) is 0 Å². The minimum Gasteiger partial charge on any atom is -0.490 e. The number of halogens is 1. The fourth-order valence-corrected chi connectivity index (χ4v) is 2.50. The molecule has 0 amide bonds. The summed E-state index contributed by atoms with van der Waals surface area (Å²) < 4.78 is 9.01. The van der Waals surface area contributed by atoms with Gasteiger partial charge in [0.1, 0.15) is 12.4 Å². The molecule has 0 saturated heterocycles. The Morgan fingerprint density at radius 1 is 1.54 bits per heavy atom. The van der Waals surface area contributed by atoms with E-state index in [1.807, 2.05) is 12.1 Å². The van der Waals surface area contributed by atoms with Gasteiger partial charge in [-0.3, -0.25) is 0 Å². The van der Waals surface area contributed by atoms with Crippen molar-refractivity contribution >= 4 is 30.3 Å². The summed E-state index contributed by atoms with van der Waals surface area (Å²) >= 11 is 3.47. The SMILES string of the molecule is CPN1CCOc2ccc(Br)cc21. The summed E-state index contributed by atoms with van der Waals surface area (Å²) in [6.07, 6.45) is 0. The molecule has 1 atom stereocenters. The van der Waals surface area contributed by atoms with Crippen molar-refractivity contribution in [2.75, 3.05) is 24.5 Å². The molecule has 1 aliphatic rings. The molecule has 0 spiro atoms. The van der Waals surface area contributed by atoms with Crippen LogP contribution in [0.25, 0.3) is 0 Å². The average Bonchev–Trinajstić information content (AvgIpc) is 2.17. The molecule has 0 N–H and O–H groups in total. The standard InChI is InChI=1S/C9H11BrNOP/c1-13-11-4-5-12-9-3-2-7(10)6-8(9)11/h2-3,6,13H,4-5H2,1H3. The quantitative estimate of drug-likeness (QED) is 0.720. The van der Waals surface area contributed by atoms with E-state index in [0.29, 0.717) is 0 Å². The summed E-state index contributed by atoms with van der Waals surface area (Å²) in [7, 11) is 0.803. The maximum absolute atomic E-state index is 5.55. The van der Waals surface area contributed by atoms with Gasteiger partial charge in [-0.25, -0.2) is 0 Å². The van der Waals surface area contributed by atoms with Crippen molar-refractivity contribution in [3.8, 4) is 5.75 Å². The maximum Gasteiger partial charge on any atom is 0.143 e. The second-order valence-corrected chi connectivity index (χ2v) is 4.74. The number of hydrogen-bond donors (Lipinski definition) is 0. The van der Waals surface area contributed by atoms with E-state index >= 15 is 0 Å². The van der Waals surface area contributed by atoms with Gasteiger partial charge in [-0.05, 0) is 33.6 Å². The maximum atomic E-state index is 5.55. The van der Waals surface area contributed by atoms with Gasteiger partial charge in [-0.1, -0.05) is 15.9 Å². The van der Waals surface area contributed by atoms with Crippen LogP contribution in [0, 0.1) is 0 Å². The van der Waals surface area contributed by atoms with Gasteiger partial charge in [0, 0.05) is 4.47 Å². The first-order valence-corrected chi connectivity index (χ1v) is 6.42. The van der Waals surface area contributed by atoms with Crippen molar-refractivity contribution in [1.82, 2.24) is 0 Å². The predicted molar refractivity (Wildman–Crippen MR) is 61.2 cm³/mol. The molecule has 1 aromatic carbocycles. The highest BCUT2D eigenvalue weighted by Gasteiger charge is 2.16. The molecule has 0 fully saturated rings. The zero-order valence-corrected chi connectivity index (χ0v) is 9.97. The lowest BCUT2D eigenvalue weighted by atomic mass is 10.2. The van der Waals surface area contributed by atoms with E-state index in [1.54, 1.807) is 0 Å². The van der Waals surface area contributed by atoms with E-state index < -0.39 is 0 Å². The topological polar surface area (TPSA) is 12.5 Å². The highest BCUT2D eigenvalue weighted by Crippen LogP contribution is 2.38. The fourth-order valence-electron chi connectivity index (χ4n) is 1.42. The van der Waals surface area contributed by atoms with Crippen LogP contribution in [0.5, 0.6) is 5.75 Å². The van der Waals surface area contributed by atoms with Gasteiger partial charge in [0.15, 0.2) is 0 Å². The van der Waals surface area contributed by atoms with E-state index in [4.69, 9.17) is 4.74 Å². The average molecular weight is 260 g/mol. The molecule has 13 heavy (non-hydrogen) atoms. The van der Waals surface area contributed by atoms with E-state index in [0.717, 1.165) is 32.1 Å². The van der Waals surface area contributed by atoms with Crippen LogP contribution < -0.4 is 9.41 Å². The molecule has 2 nitrogen and oxygen atoms in total. The van der Waals surface area contributed by atoms with Gasteiger partial charge in [-0.2, -0.15) is 0 Å². The van der Waals surface area contributed by atoms with Crippen molar-refractivity contribution in [3.63, 3.8) is 0 Å².